The minimum Gasteiger partial charge on any atom is -0.494 e. The Bertz CT molecular complexity index is 1120. The molecule has 7 nitrogen and oxygen atoms in total. The quantitative estimate of drug-likeness (QED) is 0.599. The lowest BCUT2D eigenvalue weighted by atomic mass is 10.1. The molecule has 2 heterocycles. The van der Waals surface area contributed by atoms with E-state index >= 15 is 0 Å². The van der Waals surface area contributed by atoms with Crippen LogP contribution in [-0.2, 0) is 10.0 Å². The zero-order valence-electron chi connectivity index (χ0n) is 17.7. The first-order valence-electron chi connectivity index (χ1n) is 10.9. The number of hydrogen-bond acceptors (Lipinski definition) is 5. The van der Waals surface area contributed by atoms with E-state index in [-0.39, 0.29) is 10.8 Å². The number of nitrogens with one attached hydrogen (secondary N) is 1. The maximum absolute atomic E-state index is 12.7. The highest BCUT2D eigenvalue weighted by Crippen LogP contribution is 2.35. The van der Waals surface area contributed by atoms with E-state index in [0.29, 0.717) is 41.7 Å². The minimum atomic E-state index is -3.80. The maximum atomic E-state index is 12.7. The van der Waals surface area contributed by atoms with E-state index in [9.17, 15) is 13.2 Å². The molecule has 2 aromatic carbocycles. The molecule has 0 aromatic heterocycles. The Labute approximate surface area is 193 Å². The summed E-state index contributed by atoms with van der Waals surface area (Å²) >= 11 is 5.85. The van der Waals surface area contributed by atoms with Gasteiger partial charge in [-0.15, -0.1) is 4.40 Å². The molecule has 2 aliphatic heterocycles. The first-order valence-corrected chi connectivity index (χ1v) is 12.7. The van der Waals surface area contributed by atoms with Crippen molar-refractivity contribution in [2.75, 3.05) is 24.6 Å². The van der Waals surface area contributed by atoms with Gasteiger partial charge >= 0.3 is 0 Å². The lowest BCUT2D eigenvalue weighted by Crippen LogP contribution is -2.35. The number of rotatable bonds is 7. The van der Waals surface area contributed by atoms with Crippen LogP contribution >= 0.6 is 11.6 Å². The third kappa shape index (κ3) is 5.24. The van der Waals surface area contributed by atoms with Gasteiger partial charge in [0.1, 0.15) is 16.5 Å². The molecule has 2 aliphatic rings. The van der Waals surface area contributed by atoms with E-state index in [0.717, 1.165) is 44.4 Å². The standard InChI is InChI=1S/C23H26ClN3O4S/c24-18-8-10-19(11-9-18)31-15-5-3-13-25-23(28)17-7-12-20-21(16-17)32(29,30)26-22-6-2-1-4-14-27(20)22/h7-12,16H,1-6,13-15H2,(H,25,28). The van der Waals surface area contributed by atoms with Crippen LogP contribution in [0.5, 0.6) is 5.75 Å². The molecule has 0 aliphatic carbocycles. The van der Waals surface area contributed by atoms with E-state index in [2.05, 4.69) is 9.71 Å². The molecule has 0 spiro atoms. The van der Waals surface area contributed by atoms with Gasteiger partial charge in [0.05, 0.1) is 12.3 Å². The molecule has 32 heavy (non-hydrogen) atoms. The number of carbonyl (C=O) groups excluding carboxylic acids is 1. The maximum Gasteiger partial charge on any atom is 0.286 e. The van der Waals surface area contributed by atoms with E-state index in [1.807, 2.05) is 17.0 Å². The third-order valence-electron chi connectivity index (χ3n) is 5.55. The van der Waals surface area contributed by atoms with E-state index in [1.54, 1.807) is 24.3 Å². The molecule has 2 aromatic rings. The van der Waals surface area contributed by atoms with Crippen LogP contribution in [-0.4, -0.2) is 39.9 Å². The van der Waals surface area contributed by atoms with Crippen molar-refractivity contribution < 1.29 is 17.9 Å². The SMILES string of the molecule is O=C(NCCCCOc1ccc(Cl)cc1)c1ccc2c(c1)S(=O)(=O)N=C1CCCCCN12. The van der Waals surface area contributed by atoms with Gasteiger partial charge in [-0.25, -0.2) is 0 Å². The fourth-order valence-corrected chi connectivity index (χ4v) is 5.28. The van der Waals surface area contributed by atoms with Crippen molar-refractivity contribution in [1.82, 2.24) is 5.32 Å². The summed E-state index contributed by atoms with van der Waals surface area (Å²) in [7, 11) is -3.80. The Morgan fingerprint density at radius 1 is 1.09 bits per heavy atom. The third-order valence-corrected chi connectivity index (χ3v) is 7.13. The molecule has 0 unspecified atom stereocenters. The molecule has 0 atom stereocenters. The summed E-state index contributed by atoms with van der Waals surface area (Å²) in [5, 5.41) is 3.51. The number of hydrogen-bond donors (Lipinski definition) is 1. The molecule has 0 bridgehead atoms. The number of amides is 1. The molecular formula is C23H26ClN3O4S. The van der Waals surface area contributed by atoms with Crippen molar-refractivity contribution >= 4 is 39.1 Å². The summed E-state index contributed by atoms with van der Waals surface area (Å²) in [6, 6.07) is 12.0. The van der Waals surface area contributed by atoms with Crippen molar-refractivity contribution in [2.24, 2.45) is 4.40 Å². The molecule has 0 radical (unpaired) electrons. The highest BCUT2D eigenvalue weighted by atomic mass is 35.5. The zero-order valence-corrected chi connectivity index (χ0v) is 19.3. The van der Waals surface area contributed by atoms with E-state index < -0.39 is 10.0 Å². The summed E-state index contributed by atoms with van der Waals surface area (Å²) in [5.74, 6) is 1.06. The second-order valence-corrected chi connectivity index (χ2v) is 9.90. The number of amidine groups is 1. The number of sulfonamides is 1. The Morgan fingerprint density at radius 3 is 2.72 bits per heavy atom. The van der Waals surface area contributed by atoms with Gasteiger partial charge in [0.15, 0.2) is 0 Å². The van der Waals surface area contributed by atoms with Crippen molar-refractivity contribution in [3.05, 3.63) is 53.1 Å². The minimum absolute atomic E-state index is 0.104. The molecule has 4 rings (SSSR count). The predicted molar refractivity (Wildman–Crippen MR) is 125 cm³/mol. The average molecular weight is 476 g/mol. The highest BCUT2D eigenvalue weighted by Gasteiger charge is 2.32. The topological polar surface area (TPSA) is 88.1 Å². The number of benzene rings is 2. The second-order valence-electron chi connectivity index (χ2n) is 7.89. The van der Waals surface area contributed by atoms with Crippen molar-refractivity contribution in [1.29, 1.82) is 0 Å². The number of unbranched alkanes of at least 4 members (excludes halogenated alkanes) is 1. The molecule has 1 amide bonds. The van der Waals surface area contributed by atoms with Crippen LogP contribution in [0.1, 0.15) is 48.9 Å². The van der Waals surface area contributed by atoms with Crippen molar-refractivity contribution in [3.8, 4) is 5.75 Å². The van der Waals surface area contributed by atoms with Gasteiger partial charge in [0.2, 0.25) is 0 Å². The lowest BCUT2D eigenvalue weighted by molar-refractivity contribution is 0.0952. The van der Waals surface area contributed by atoms with Gasteiger partial charge < -0.3 is 15.0 Å². The highest BCUT2D eigenvalue weighted by molar-refractivity contribution is 7.90. The van der Waals surface area contributed by atoms with Crippen LogP contribution in [0.15, 0.2) is 51.8 Å². The van der Waals surface area contributed by atoms with Gasteiger partial charge in [-0.2, -0.15) is 8.42 Å². The molecule has 0 saturated carbocycles. The average Bonchev–Trinajstić information content (AvgIpc) is 3.02. The van der Waals surface area contributed by atoms with Crippen LogP contribution < -0.4 is 15.0 Å². The van der Waals surface area contributed by atoms with Crippen molar-refractivity contribution in [3.63, 3.8) is 0 Å². The first kappa shape index (κ1) is 22.6. The van der Waals surface area contributed by atoms with Gasteiger partial charge in [-0.1, -0.05) is 18.0 Å². The number of nitrogens with zero attached hydrogens (tertiary/aromatic N) is 2. The lowest BCUT2D eigenvalue weighted by Gasteiger charge is -2.29. The van der Waals surface area contributed by atoms with Crippen LogP contribution in [0.4, 0.5) is 5.69 Å². The summed E-state index contributed by atoms with van der Waals surface area (Å²) < 4.78 is 35.1. The first-order chi connectivity index (χ1) is 15.4. The number of ether oxygens (including phenoxy) is 1. The molecular weight excluding hydrogens is 450 g/mol. The Kier molecular flexibility index (Phi) is 7.01. The van der Waals surface area contributed by atoms with Crippen molar-refractivity contribution in [2.45, 2.75) is 43.4 Å². The zero-order chi connectivity index (χ0) is 22.6. The van der Waals surface area contributed by atoms with Crippen LogP contribution in [0, 0.1) is 0 Å². The summed E-state index contributed by atoms with van der Waals surface area (Å²) in [6.45, 7) is 1.75. The summed E-state index contributed by atoms with van der Waals surface area (Å²) in [4.78, 5) is 14.6. The van der Waals surface area contributed by atoms with Gasteiger partial charge in [0.25, 0.3) is 15.9 Å². The fourth-order valence-electron chi connectivity index (χ4n) is 3.87. The number of halogens is 1. The Balaban J connectivity index is 1.32. The summed E-state index contributed by atoms with van der Waals surface area (Å²) in [6.07, 6.45) is 5.14. The molecule has 1 fully saturated rings. The molecule has 1 saturated heterocycles. The normalized spacial score (nSPS) is 16.9. The number of fused-ring (bicyclic) bond motifs is 3. The van der Waals surface area contributed by atoms with Crippen LogP contribution in [0.2, 0.25) is 5.02 Å². The number of carbonyl (C=O) groups is 1. The number of anilines is 1. The molecule has 170 valence electrons. The smallest absolute Gasteiger partial charge is 0.286 e. The fraction of sp³-hybridized carbons (Fsp3) is 0.391. The van der Waals surface area contributed by atoms with Gasteiger partial charge in [-0.3, -0.25) is 4.79 Å². The monoisotopic (exact) mass is 475 g/mol. The Hall–Kier alpha value is -2.58. The van der Waals surface area contributed by atoms with E-state index in [4.69, 9.17) is 16.3 Å². The second kappa shape index (κ2) is 9.92. The van der Waals surface area contributed by atoms with Crippen LogP contribution in [0.25, 0.3) is 0 Å². The summed E-state index contributed by atoms with van der Waals surface area (Å²) in [5.41, 5.74) is 0.936. The van der Waals surface area contributed by atoms with Gasteiger partial charge in [-0.05, 0) is 68.1 Å². The van der Waals surface area contributed by atoms with Gasteiger partial charge in [0, 0.05) is 30.1 Å². The van der Waals surface area contributed by atoms with Crippen LogP contribution in [0.3, 0.4) is 0 Å². The Morgan fingerprint density at radius 2 is 1.91 bits per heavy atom. The largest absolute Gasteiger partial charge is 0.494 e. The predicted octanol–water partition coefficient (Wildman–Crippen LogP) is 4.41. The van der Waals surface area contributed by atoms with E-state index in [1.165, 1.54) is 6.07 Å². The molecule has 9 heteroatoms. The molecule has 1 N–H and O–H groups in total.